The summed E-state index contributed by atoms with van der Waals surface area (Å²) < 4.78 is 0. The Morgan fingerprint density at radius 3 is 2.76 bits per heavy atom. The summed E-state index contributed by atoms with van der Waals surface area (Å²) in [5.74, 6) is 3.15. The Morgan fingerprint density at radius 1 is 1.10 bits per heavy atom. The fourth-order valence-corrected chi connectivity index (χ4v) is 7.50. The second-order valence-corrected chi connectivity index (χ2v) is 10.3. The first-order valence-corrected chi connectivity index (χ1v) is 11.4. The van der Waals surface area contributed by atoms with Crippen LogP contribution in [0.4, 0.5) is 0 Å². The number of carbonyl (C=O) groups is 1. The Morgan fingerprint density at radius 2 is 1.93 bits per heavy atom. The van der Waals surface area contributed by atoms with Crippen molar-refractivity contribution < 1.29 is 4.79 Å². The van der Waals surface area contributed by atoms with E-state index in [2.05, 4.69) is 41.5 Å². The van der Waals surface area contributed by atoms with Crippen molar-refractivity contribution in [2.45, 2.75) is 65.2 Å². The molecular formula is C25H33N3O. The molecule has 1 heterocycles. The standard InChI is InChI=1S/C25H33N3O/c1-24-13-4-3-5-18(24)6-7-19-20-8-9-22(25(20,2)14-10-21(19)24)27-28-23(29)17-11-15-26-16-12-17/h3-4,11-12,15-16,18-21H,5-10,13-14H2,1-2H3,(H,28,29)/t18-,19-,20-,21-,24-,25-/m0/s1. The minimum absolute atomic E-state index is 0.136. The van der Waals surface area contributed by atoms with Crippen LogP contribution in [0.15, 0.2) is 41.8 Å². The molecule has 1 aromatic rings. The summed E-state index contributed by atoms with van der Waals surface area (Å²) in [7, 11) is 0. The molecule has 3 fully saturated rings. The average Bonchev–Trinajstić information content (AvgIpc) is 3.08. The predicted octanol–water partition coefficient (Wildman–Crippen LogP) is 5.38. The predicted molar refractivity (Wildman–Crippen MR) is 115 cm³/mol. The molecule has 6 atom stereocenters. The summed E-state index contributed by atoms with van der Waals surface area (Å²) in [5, 5.41) is 4.68. The van der Waals surface area contributed by atoms with Crippen molar-refractivity contribution in [2.24, 2.45) is 39.6 Å². The lowest BCUT2D eigenvalue weighted by Gasteiger charge is -2.59. The van der Waals surface area contributed by atoms with Gasteiger partial charge in [-0.3, -0.25) is 9.78 Å². The number of fused-ring (bicyclic) bond motifs is 5. The first kappa shape index (κ1) is 19.0. The van der Waals surface area contributed by atoms with E-state index in [-0.39, 0.29) is 11.3 Å². The third kappa shape index (κ3) is 2.98. The molecule has 0 aromatic carbocycles. The lowest BCUT2D eigenvalue weighted by molar-refractivity contribution is -0.0761. The molecule has 4 heteroatoms. The third-order valence-corrected chi connectivity index (χ3v) is 9.19. The zero-order chi connectivity index (χ0) is 20.1. The molecule has 154 valence electrons. The number of aromatic nitrogens is 1. The highest BCUT2D eigenvalue weighted by atomic mass is 16.2. The molecule has 1 aromatic heterocycles. The van der Waals surface area contributed by atoms with Crippen LogP contribution in [-0.4, -0.2) is 16.6 Å². The quantitative estimate of drug-likeness (QED) is 0.544. The Balaban J connectivity index is 1.35. The smallest absolute Gasteiger partial charge is 0.267 e. The molecule has 0 radical (unpaired) electrons. The van der Waals surface area contributed by atoms with Gasteiger partial charge >= 0.3 is 0 Å². The number of nitrogens with zero attached hydrogens (tertiary/aromatic N) is 2. The summed E-state index contributed by atoms with van der Waals surface area (Å²) in [6.45, 7) is 5.01. The number of pyridine rings is 1. The van der Waals surface area contributed by atoms with Crippen LogP contribution in [0.2, 0.25) is 0 Å². The van der Waals surface area contributed by atoms with Gasteiger partial charge in [0.15, 0.2) is 0 Å². The monoisotopic (exact) mass is 391 g/mol. The Labute approximate surface area is 174 Å². The van der Waals surface area contributed by atoms with Crippen LogP contribution in [-0.2, 0) is 0 Å². The van der Waals surface area contributed by atoms with Crippen LogP contribution < -0.4 is 5.43 Å². The number of hydrogen-bond donors (Lipinski definition) is 1. The number of nitrogens with one attached hydrogen (secondary N) is 1. The summed E-state index contributed by atoms with van der Waals surface area (Å²) in [4.78, 5) is 16.4. The van der Waals surface area contributed by atoms with Crippen molar-refractivity contribution in [2.75, 3.05) is 0 Å². The molecule has 0 aliphatic heterocycles. The van der Waals surface area contributed by atoms with E-state index in [0.717, 1.165) is 30.1 Å². The van der Waals surface area contributed by atoms with E-state index < -0.39 is 0 Å². The van der Waals surface area contributed by atoms with Crippen molar-refractivity contribution in [3.8, 4) is 0 Å². The average molecular weight is 392 g/mol. The molecule has 0 unspecified atom stereocenters. The Hall–Kier alpha value is -1.97. The van der Waals surface area contributed by atoms with E-state index >= 15 is 0 Å². The van der Waals surface area contributed by atoms with Gasteiger partial charge in [0, 0.05) is 29.1 Å². The van der Waals surface area contributed by atoms with Gasteiger partial charge < -0.3 is 0 Å². The maximum Gasteiger partial charge on any atom is 0.271 e. The molecule has 1 N–H and O–H groups in total. The van der Waals surface area contributed by atoms with Crippen LogP contribution in [0.1, 0.15) is 75.6 Å². The molecule has 4 aliphatic carbocycles. The lowest BCUT2D eigenvalue weighted by Crippen LogP contribution is -2.52. The highest BCUT2D eigenvalue weighted by Gasteiger charge is 2.58. The maximum atomic E-state index is 12.4. The van der Waals surface area contributed by atoms with E-state index in [1.807, 2.05) is 0 Å². The van der Waals surface area contributed by atoms with Gasteiger partial charge in [0.05, 0.1) is 0 Å². The van der Waals surface area contributed by atoms with Gasteiger partial charge in [0.2, 0.25) is 0 Å². The molecule has 29 heavy (non-hydrogen) atoms. The van der Waals surface area contributed by atoms with Gasteiger partial charge in [-0.05, 0) is 92.6 Å². The fraction of sp³-hybridized carbons (Fsp3) is 0.640. The number of allylic oxidation sites excluding steroid dienone is 2. The number of hydrazone groups is 1. The molecule has 5 rings (SSSR count). The van der Waals surface area contributed by atoms with E-state index in [1.165, 1.54) is 50.7 Å². The van der Waals surface area contributed by atoms with Crippen LogP contribution >= 0.6 is 0 Å². The van der Waals surface area contributed by atoms with Gasteiger partial charge in [0.1, 0.15) is 0 Å². The molecular weight excluding hydrogens is 358 g/mol. The normalized spacial score (nSPS) is 42.1. The minimum Gasteiger partial charge on any atom is -0.267 e. The molecule has 1 amide bonds. The second kappa shape index (κ2) is 7.07. The van der Waals surface area contributed by atoms with Gasteiger partial charge in [-0.2, -0.15) is 5.10 Å². The minimum atomic E-state index is -0.136. The van der Waals surface area contributed by atoms with Crippen molar-refractivity contribution in [3.63, 3.8) is 0 Å². The highest BCUT2D eigenvalue weighted by Crippen LogP contribution is 2.64. The summed E-state index contributed by atoms with van der Waals surface area (Å²) in [6.07, 6.45) is 18.3. The van der Waals surface area contributed by atoms with E-state index in [0.29, 0.717) is 11.0 Å². The van der Waals surface area contributed by atoms with E-state index in [9.17, 15) is 4.79 Å². The Bertz CT molecular complexity index is 847. The highest BCUT2D eigenvalue weighted by molar-refractivity contribution is 5.97. The molecule has 4 aliphatic rings. The van der Waals surface area contributed by atoms with Gasteiger partial charge in [-0.1, -0.05) is 26.0 Å². The van der Waals surface area contributed by atoms with Crippen molar-refractivity contribution in [1.82, 2.24) is 10.4 Å². The molecule has 0 bridgehead atoms. The van der Waals surface area contributed by atoms with Crippen LogP contribution in [0, 0.1) is 34.5 Å². The first-order chi connectivity index (χ1) is 14.0. The topological polar surface area (TPSA) is 54.4 Å². The molecule has 4 nitrogen and oxygen atoms in total. The largest absolute Gasteiger partial charge is 0.271 e. The lowest BCUT2D eigenvalue weighted by atomic mass is 9.46. The van der Waals surface area contributed by atoms with Gasteiger partial charge in [-0.25, -0.2) is 5.43 Å². The van der Waals surface area contributed by atoms with Gasteiger partial charge in [-0.15, -0.1) is 0 Å². The molecule has 0 saturated heterocycles. The number of rotatable bonds is 2. The van der Waals surface area contributed by atoms with Crippen LogP contribution in [0.25, 0.3) is 0 Å². The number of carbonyl (C=O) groups excluding carboxylic acids is 1. The van der Waals surface area contributed by atoms with Crippen molar-refractivity contribution >= 4 is 11.6 Å². The number of hydrogen-bond acceptors (Lipinski definition) is 3. The zero-order valence-electron chi connectivity index (χ0n) is 17.7. The molecule has 0 spiro atoms. The van der Waals surface area contributed by atoms with E-state index in [1.54, 1.807) is 24.5 Å². The van der Waals surface area contributed by atoms with Crippen LogP contribution in [0.3, 0.4) is 0 Å². The maximum absolute atomic E-state index is 12.4. The number of amides is 1. The van der Waals surface area contributed by atoms with Crippen molar-refractivity contribution in [3.05, 3.63) is 42.2 Å². The third-order valence-electron chi connectivity index (χ3n) is 9.19. The Kier molecular flexibility index (Phi) is 4.64. The summed E-state index contributed by atoms with van der Waals surface area (Å²) in [5.41, 5.74) is 5.32. The zero-order valence-corrected chi connectivity index (χ0v) is 17.7. The first-order valence-electron chi connectivity index (χ1n) is 11.4. The van der Waals surface area contributed by atoms with Crippen LogP contribution in [0.5, 0.6) is 0 Å². The summed E-state index contributed by atoms with van der Waals surface area (Å²) >= 11 is 0. The van der Waals surface area contributed by atoms with Crippen molar-refractivity contribution in [1.29, 1.82) is 0 Å². The van der Waals surface area contributed by atoms with Gasteiger partial charge in [0.25, 0.3) is 5.91 Å². The van der Waals surface area contributed by atoms with E-state index in [4.69, 9.17) is 0 Å². The summed E-state index contributed by atoms with van der Waals surface area (Å²) in [6, 6.07) is 3.47. The molecule has 3 saturated carbocycles. The second-order valence-electron chi connectivity index (χ2n) is 10.3. The SMILES string of the molecule is C[C@]12CC=CC[C@H]1CC[C@@H]1[C@@H]2CC[C@]2(C)C(=NNC(=O)c3ccncc3)CC[C@@H]12. The fourth-order valence-electron chi connectivity index (χ4n) is 7.50.